The number of hydrogen-bond acceptors (Lipinski definition) is 3. The zero-order valence-electron chi connectivity index (χ0n) is 12.1. The predicted octanol–water partition coefficient (Wildman–Crippen LogP) is 3.42. The summed E-state index contributed by atoms with van der Waals surface area (Å²) in [5, 5.41) is 3.40. The molecule has 0 aliphatic heterocycles. The van der Waals surface area contributed by atoms with E-state index < -0.39 is 0 Å². The quantitative estimate of drug-likeness (QED) is 0.913. The molecule has 1 N–H and O–H groups in total. The molecule has 2 heterocycles. The van der Waals surface area contributed by atoms with E-state index in [2.05, 4.69) is 42.1 Å². The van der Waals surface area contributed by atoms with Crippen molar-refractivity contribution < 1.29 is 0 Å². The summed E-state index contributed by atoms with van der Waals surface area (Å²) in [5.74, 6) is 1.84. The molecule has 2 aromatic rings. The van der Waals surface area contributed by atoms with Gasteiger partial charge >= 0.3 is 0 Å². The highest BCUT2D eigenvalue weighted by molar-refractivity contribution is 5.43. The maximum atomic E-state index is 4.46. The monoisotopic (exact) mass is 258 g/mol. The lowest BCUT2D eigenvalue weighted by molar-refractivity contribution is 0.390. The standard InChI is InChI=1S/C15H22N4/c1-12-16-9-10-19(12)14-6-5-13(11-18-14)17-8-7-15(2,3)4/h5-6,9-11,17H,7-8H2,1-4H3. The molecule has 0 radical (unpaired) electrons. The molecule has 0 unspecified atom stereocenters. The van der Waals surface area contributed by atoms with Gasteiger partial charge in [-0.1, -0.05) is 20.8 Å². The molecule has 0 aromatic carbocycles. The van der Waals surface area contributed by atoms with Gasteiger partial charge in [0.2, 0.25) is 0 Å². The first-order chi connectivity index (χ1) is 8.96. The van der Waals surface area contributed by atoms with Crippen LogP contribution in [-0.2, 0) is 0 Å². The maximum Gasteiger partial charge on any atom is 0.138 e. The Balaban J connectivity index is 1.98. The summed E-state index contributed by atoms with van der Waals surface area (Å²) in [6.45, 7) is 9.68. The van der Waals surface area contributed by atoms with Gasteiger partial charge in [0.05, 0.1) is 11.9 Å². The molecule has 0 aliphatic carbocycles. The molecule has 0 spiro atoms. The third-order valence-electron chi connectivity index (χ3n) is 3.02. The number of pyridine rings is 1. The van der Waals surface area contributed by atoms with Crippen LogP contribution in [0.4, 0.5) is 5.69 Å². The fourth-order valence-corrected chi connectivity index (χ4v) is 1.84. The minimum absolute atomic E-state index is 0.355. The number of nitrogens with one attached hydrogen (secondary N) is 1. The zero-order valence-corrected chi connectivity index (χ0v) is 12.1. The largest absolute Gasteiger partial charge is 0.384 e. The Bertz CT molecular complexity index is 520. The van der Waals surface area contributed by atoms with Crippen molar-refractivity contribution in [1.29, 1.82) is 0 Å². The molecule has 4 heteroatoms. The fraction of sp³-hybridized carbons (Fsp3) is 0.467. The highest BCUT2D eigenvalue weighted by Gasteiger charge is 2.09. The van der Waals surface area contributed by atoms with E-state index in [0.29, 0.717) is 5.41 Å². The van der Waals surface area contributed by atoms with Crippen LogP contribution in [0.3, 0.4) is 0 Å². The Labute approximate surface area is 114 Å². The van der Waals surface area contributed by atoms with E-state index >= 15 is 0 Å². The van der Waals surface area contributed by atoms with Gasteiger partial charge in [-0.2, -0.15) is 0 Å². The lowest BCUT2D eigenvalue weighted by Crippen LogP contribution is -2.13. The van der Waals surface area contributed by atoms with Crippen LogP contribution in [0.15, 0.2) is 30.7 Å². The molecule has 102 valence electrons. The van der Waals surface area contributed by atoms with E-state index in [1.807, 2.05) is 30.0 Å². The second-order valence-electron chi connectivity index (χ2n) is 5.99. The summed E-state index contributed by atoms with van der Waals surface area (Å²) >= 11 is 0. The van der Waals surface area contributed by atoms with Gasteiger partial charge in [0.1, 0.15) is 11.6 Å². The van der Waals surface area contributed by atoms with Crippen molar-refractivity contribution in [3.63, 3.8) is 0 Å². The molecule has 0 aliphatic rings. The van der Waals surface area contributed by atoms with Crippen molar-refractivity contribution in [1.82, 2.24) is 14.5 Å². The van der Waals surface area contributed by atoms with Gasteiger partial charge in [-0.3, -0.25) is 4.57 Å². The van der Waals surface area contributed by atoms with E-state index in [9.17, 15) is 0 Å². The molecule has 0 saturated heterocycles. The predicted molar refractivity (Wildman–Crippen MR) is 78.7 cm³/mol. The van der Waals surface area contributed by atoms with E-state index in [1.54, 1.807) is 6.20 Å². The van der Waals surface area contributed by atoms with Crippen molar-refractivity contribution in [3.8, 4) is 5.82 Å². The van der Waals surface area contributed by atoms with Gasteiger partial charge in [0, 0.05) is 18.9 Å². The van der Waals surface area contributed by atoms with Crippen molar-refractivity contribution in [2.45, 2.75) is 34.1 Å². The smallest absolute Gasteiger partial charge is 0.138 e. The third kappa shape index (κ3) is 3.81. The highest BCUT2D eigenvalue weighted by atomic mass is 15.1. The normalized spacial score (nSPS) is 11.6. The summed E-state index contributed by atoms with van der Waals surface area (Å²) in [4.78, 5) is 8.66. The number of rotatable bonds is 4. The van der Waals surface area contributed by atoms with Crippen molar-refractivity contribution in [2.24, 2.45) is 5.41 Å². The lowest BCUT2D eigenvalue weighted by atomic mass is 9.92. The van der Waals surface area contributed by atoms with Crippen LogP contribution in [0, 0.1) is 12.3 Å². The zero-order chi connectivity index (χ0) is 13.9. The number of nitrogens with zero attached hydrogens (tertiary/aromatic N) is 3. The number of aryl methyl sites for hydroxylation is 1. The van der Waals surface area contributed by atoms with Gasteiger partial charge in [-0.15, -0.1) is 0 Å². The van der Waals surface area contributed by atoms with Crippen molar-refractivity contribution in [3.05, 3.63) is 36.5 Å². The van der Waals surface area contributed by atoms with Crippen LogP contribution in [0.25, 0.3) is 5.82 Å². The number of imidazole rings is 1. The molecule has 0 amide bonds. The summed E-state index contributed by atoms with van der Waals surface area (Å²) in [5.41, 5.74) is 1.42. The fourth-order valence-electron chi connectivity index (χ4n) is 1.84. The van der Waals surface area contributed by atoms with Gasteiger partial charge in [0.15, 0.2) is 0 Å². The Kier molecular flexibility index (Phi) is 3.88. The van der Waals surface area contributed by atoms with Gasteiger partial charge in [-0.25, -0.2) is 9.97 Å². The number of aromatic nitrogens is 3. The van der Waals surface area contributed by atoms with Crippen molar-refractivity contribution >= 4 is 5.69 Å². The van der Waals surface area contributed by atoms with E-state index in [1.165, 1.54) is 0 Å². The van der Waals surface area contributed by atoms with Crippen LogP contribution >= 0.6 is 0 Å². The van der Waals surface area contributed by atoms with Crippen molar-refractivity contribution in [2.75, 3.05) is 11.9 Å². The van der Waals surface area contributed by atoms with Gasteiger partial charge in [-0.05, 0) is 30.9 Å². The topological polar surface area (TPSA) is 42.7 Å². The molecular weight excluding hydrogens is 236 g/mol. The maximum absolute atomic E-state index is 4.46. The Morgan fingerprint density at radius 1 is 1.21 bits per heavy atom. The van der Waals surface area contributed by atoms with Crippen LogP contribution < -0.4 is 5.32 Å². The average Bonchev–Trinajstić information content (AvgIpc) is 2.75. The van der Waals surface area contributed by atoms with Crippen LogP contribution in [-0.4, -0.2) is 21.1 Å². The molecular formula is C15H22N4. The van der Waals surface area contributed by atoms with E-state index in [-0.39, 0.29) is 0 Å². The SMILES string of the molecule is Cc1nccn1-c1ccc(NCCC(C)(C)C)cn1. The molecule has 0 bridgehead atoms. The molecule has 19 heavy (non-hydrogen) atoms. The average molecular weight is 258 g/mol. The minimum atomic E-state index is 0.355. The van der Waals surface area contributed by atoms with Crippen LogP contribution in [0.1, 0.15) is 33.0 Å². The minimum Gasteiger partial charge on any atom is -0.384 e. The Morgan fingerprint density at radius 2 is 2.00 bits per heavy atom. The molecule has 0 atom stereocenters. The molecule has 0 saturated carbocycles. The summed E-state index contributed by atoms with van der Waals surface area (Å²) in [6, 6.07) is 4.07. The second kappa shape index (κ2) is 5.43. The number of hydrogen-bond donors (Lipinski definition) is 1. The summed E-state index contributed by atoms with van der Waals surface area (Å²) in [7, 11) is 0. The highest BCUT2D eigenvalue weighted by Crippen LogP contribution is 2.18. The van der Waals surface area contributed by atoms with Crippen LogP contribution in [0.5, 0.6) is 0 Å². The summed E-state index contributed by atoms with van der Waals surface area (Å²) < 4.78 is 1.97. The second-order valence-corrected chi connectivity index (χ2v) is 5.99. The first-order valence-corrected chi connectivity index (χ1v) is 6.66. The van der Waals surface area contributed by atoms with Gasteiger partial charge in [0.25, 0.3) is 0 Å². The van der Waals surface area contributed by atoms with E-state index in [0.717, 1.165) is 30.3 Å². The lowest BCUT2D eigenvalue weighted by Gasteiger charge is -2.18. The third-order valence-corrected chi connectivity index (χ3v) is 3.02. The summed E-state index contributed by atoms with van der Waals surface area (Å²) in [6.07, 6.45) is 6.71. The van der Waals surface area contributed by atoms with E-state index in [4.69, 9.17) is 0 Å². The Morgan fingerprint density at radius 3 is 2.53 bits per heavy atom. The van der Waals surface area contributed by atoms with Crippen LogP contribution in [0.2, 0.25) is 0 Å². The Hall–Kier alpha value is -1.84. The first-order valence-electron chi connectivity index (χ1n) is 6.66. The number of anilines is 1. The molecule has 0 fully saturated rings. The van der Waals surface area contributed by atoms with Gasteiger partial charge < -0.3 is 5.32 Å². The molecule has 2 aromatic heterocycles. The molecule has 2 rings (SSSR count). The first kappa shape index (κ1) is 13.6. The molecule has 4 nitrogen and oxygen atoms in total.